The molecule has 0 spiro atoms. The van der Waals surface area contributed by atoms with E-state index in [1.165, 1.54) is 0 Å². The highest BCUT2D eigenvalue weighted by atomic mass is 16.5. The molecule has 3 N–H and O–H groups in total. The summed E-state index contributed by atoms with van der Waals surface area (Å²) in [6, 6.07) is 16.9. The number of ether oxygens (including phenoxy) is 1. The van der Waals surface area contributed by atoms with Crippen LogP contribution < -0.4 is 10.6 Å². The number of hydrogen-bond acceptors (Lipinski definition) is 3. The van der Waals surface area contributed by atoms with Crippen LogP contribution in [0.1, 0.15) is 31.4 Å². The van der Waals surface area contributed by atoms with E-state index in [9.17, 15) is 9.59 Å². The number of alkyl carbamates (subject to hydrolysis) is 1. The van der Waals surface area contributed by atoms with E-state index in [4.69, 9.17) is 4.74 Å². The third-order valence-corrected chi connectivity index (χ3v) is 5.35. The Morgan fingerprint density at radius 1 is 1.07 bits per heavy atom. The zero-order chi connectivity index (χ0) is 21.3. The molecule has 0 saturated carbocycles. The molecule has 3 aromatic rings. The van der Waals surface area contributed by atoms with Crippen molar-refractivity contribution in [2.24, 2.45) is 5.92 Å². The first-order valence-electron chi connectivity index (χ1n) is 10.4. The lowest BCUT2D eigenvalue weighted by molar-refractivity contribution is -0.124. The molecule has 2 aromatic carbocycles. The Morgan fingerprint density at radius 3 is 2.57 bits per heavy atom. The fraction of sp³-hybridized carbons (Fsp3) is 0.333. The molecule has 0 bridgehead atoms. The average Bonchev–Trinajstić information content (AvgIpc) is 3.19. The van der Waals surface area contributed by atoms with Crippen LogP contribution in [0.15, 0.2) is 60.8 Å². The number of H-pyrrole nitrogens is 1. The van der Waals surface area contributed by atoms with Crippen LogP contribution >= 0.6 is 0 Å². The zero-order valence-corrected chi connectivity index (χ0v) is 17.5. The number of fused-ring (bicyclic) bond motifs is 1. The number of para-hydroxylation sites is 1. The molecular formula is C24H29N3O3. The molecule has 0 aliphatic carbocycles. The van der Waals surface area contributed by atoms with E-state index >= 15 is 0 Å². The van der Waals surface area contributed by atoms with Gasteiger partial charge in [0.25, 0.3) is 0 Å². The topological polar surface area (TPSA) is 83.2 Å². The van der Waals surface area contributed by atoms with E-state index in [-0.39, 0.29) is 18.4 Å². The Balaban J connectivity index is 1.52. The largest absolute Gasteiger partial charge is 0.445 e. The first-order valence-corrected chi connectivity index (χ1v) is 10.4. The summed E-state index contributed by atoms with van der Waals surface area (Å²) in [7, 11) is 0. The number of amides is 2. The fourth-order valence-electron chi connectivity index (χ4n) is 3.36. The smallest absolute Gasteiger partial charge is 0.408 e. The van der Waals surface area contributed by atoms with Crippen LogP contribution in [-0.4, -0.2) is 29.6 Å². The Kier molecular flexibility index (Phi) is 7.49. The van der Waals surface area contributed by atoms with Crippen LogP contribution in [0.3, 0.4) is 0 Å². The SMILES string of the molecule is CC[C@H](C)[C@H](NC(=O)OCc1ccccc1)C(=O)NCCc1c[nH]c2ccccc12. The summed E-state index contributed by atoms with van der Waals surface area (Å²) < 4.78 is 5.28. The number of carbonyl (C=O) groups excluding carboxylic acids is 2. The lowest BCUT2D eigenvalue weighted by atomic mass is 9.98. The van der Waals surface area contributed by atoms with Gasteiger partial charge in [-0.05, 0) is 29.5 Å². The van der Waals surface area contributed by atoms with Gasteiger partial charge in [0, 0.05) is 23.6 Å². The van der Waals surface area contributed by atoms with E-state index in [0.29, 0.717) is 13.0 Å². The molecule has 2 atom stereocenters. The Hall–Kier alpha value is -3.28. The molecule has 0 aliphatic heterocycles. The zero-order valence-electron chi connectivity index (χ0n) is 17.5. The molecule has 0 fully saturated rings. The summed E-state index contributed by atoms with van der Waals surface area (Å²) in [5, 5.41) is 6.85. The lowest BCUT2D eigenvalue weighted by Crippen LogP contribution is -2.50. The number of nitrogens with one attached hydrogen (secondary N) is 3. The second-order valence-electron chi connectivity index (χ2n) is 7.47. The minimum absolute atomic E-state index is 0.0117. The number of aromatic amines is 1. The number of rotatable bonds is 9. The van der Waals surface area contributed by atoms with Gasteiger partial charge in [-0.25, -0.2) is 4.79 Å². The minimum Gasteiger partial charge on any atom is -0.445 e. The summed E-state index contributed by atoms with van der Waals surface area (Å²) in [6.07, 6.45) is 2.86. The van der Waals surface area contributed by atoms with Crippen molar-refractivity contribution in [1.29, 1.82) is 0 Å². The Bertz CT molecular complexity index is 968. The average molecular weight is 408 g/mol. The molecule has 158 valence electrons. The molecule has 0 aliphatic rings. The van der Waals surface area contributed by atoms with Gasteiger partial charge in [-0.3, -0.25) is 4.79 Å². The summed E-state index contributed by atoms with van der Waals surface area (Å²) in [6.45, 7) is 4.60. The van der Waals surface area contributed by atoms with Gasteiger partial charge in [-0.15, -0.1) is 0 Å². The van der Waals surface area contributed by atoms with E-state index in [1.54, 1.807) is 0 Å². The second-order valence-corrected chi connectivity index (χ2v) is 7.47. The minimum atomic E-state index is -0.638. The molecule has 2 amide bonds. The van der Waals surface area contributed by atoms with Gasteiger partial charge in [-0.2, -0.15) is 0 Å². The molecule has 6 heteroatoms. The first-order chi connectivity index (χ1) is 14.6. The van der Waals surface area contributed by atoms with Crippen LogP contribution in [0.5, 0.6) is 0 Å². The van der Waals surface area contributed by atoms with Gasteiger partial charge in [0.2, 0.25) is 5.91 Å². The maximum absolute atomic E-state index is 12.8. The highest BCUT2D eigenvalue weighted by molar-refractivity contribution is 5.86. The second kappa shape index (κ2) is 10.5. The lowest BCUT2D eigenvalue weighted by Gasteiger charge is -2.23. The summed E-state index contributed by atoms with van der Waals surface area (Å²) in [5.74, 6) is -0.205. The van der Waals surface area contributed by atoms with Crippen LogP contribution in [0.4, 0.5) is 4.79 Å². The number of aromatic nitrogens is 1. The van der Waals surface area contributed by atoms with Crippen molar-refractivity contribution in [3.63, 3.8) is 0 Å². The van der Waals surface area contributed by atoms with Crippen molar-refractivity contribution in [2.45, 2.75) is 39.3 Å². The quantitative estimate of drug-likeness (QED) is 0.498. The Morgan fingerprint density at radius 2 is 1.80 bits per heavy atom. The number of hydrogen-bond donors (Lipinski definition) is 3. The van der Waals surface area contributed by atoms with Gasteiger partial charge in [0.05, 0.1) is 0 Å². The van der Waals surface area contributed by atoms with Gasteiger partial charge >= 0.3 is 6.09 Å². The summed E-state index contributed by atoms with van der Waals surface area (Å²) >= 11 is 0. The van der Waals surface area contributed by atoms with E-state index in [1.807, 2.05) is 68.6 Å². The van der Waals surface area contributed by atoms with E-state index in [2.05, 4.69) is 21.7 Å². The number of benzene rings is 2. The highest BCUT2D eigenvalue weighted by Gasteiger charge is 2.26. The van der Waals surface area contributed by atoms with Crippen molar-refractivity contribution >= 4 is 22.9 Å². The molecule has 1 heterocycles. The van der Waals surface area contributed by atoms with Crippen molar-refractivity contribution in [1.82, 2.24) is 15.6 Å². The third kappa shape index (κ3) is 5.63. The number of carbonyl (C=O) groups is 2. The van der Waals surface area contributed by atoms with Gasteiger partial charge < -0.3 is 20.4 Å². The van der Waals surface area contributed by atoms with Crippen molar-refractivity contribution in [2.75, 3.05) is 6.54 Å². The van der Waals surface area contributed by atoms with E-state index < -0.39 is 12.1 Å². The molecular weight excluding hydrogens is 378 g/mol. The molecule has 0 radical (unpaired) electrons. The monoisotopic (exact) mass is 407 g/mol. The molecule has 0 unspecified atom stereocenters. The molecule has 30 heavy (non-hydrogen) atoms. The van der Waals surface area contributed by atoms with Crippen molar-refractivity contribution in [3.8, 4) is 0 Å². The molecule has 6 nitrogen and oxygen atoms in total. The maximum Gasteiger partial charge on any atom is 0.408 e. The molecule has 3 rings (SSSR count). The van der Waals surface area contributed by atoms with Gasteiger partial charge in [0.15, 0.2) is 0 Å². The standard InChI is InChI=1S/C24H29N3O3/c1-3-17(2)22(27-24(29)30-16-18-9-5-4-6-10-18)23(28)25-14-13-19-15-26-21-12-8-7-11-20(19)21/h4-12,15,17,22,26H,3,13-14,16H2,1-2H3,(H,25,28)(H,27,29)/t17-,22-/m0/s1. The summed E-state index contributed by atoms with van der Waals surface area (Å²) in [4.78, 5) is 28.2. The van der Waals surface area contributed by atoms with Crippen LogP contribution in [0.25, 0.3) is 10.9 Å². The fourth-order valence-corrected chi connectivity index (χ4v) is 3.36. The highest BCUT2D eigenvalue weighted by Crippen LogP contribution is 2.17. The molecule has 1 aromatic heterocycles. The normalized spacial score (nSPS) is 12.9. The van der Waals surface area contributed by atoms with Crippen molar-refractivity contribution in [3.05, 3.63) is 71.9 Å². The van der Waals surface area contributed by atoms with Gasteiger partial charge in [-0.1, -0.05) is 68.8 Å². The predicted octanol–water partition coefficient (Wildman–Crippen LogP) is 4.17. The first kappa shape index (κ1) is 21.4. The molecule has 0 saturated heterocycles. The van der Waals surface area contributed by atoms with Crippen LogP contribution in [-0.2, 0) is 22.6 Å². The van der Waals surface area contributed by atoms with E-state index in [0.717, 1.165) is 28.5 Å². The van der Waals surface area contributed by atoms with Crippen molar-refractivity contribution < 1.29 is 14.3 Å². The Labute approximate surface area is 177 Å². The van der Waals surface area contributed by atoms with Crippen LogP contribution in [0.2, 0.25) is 0 Å². The summed E-state index contributed by atoms with van der Waals surface area (Å²) in [5.41, 5.74) is 3.14. The third-order valence-electron chi connectivity index (χ3n) is 5.35. The van der Waals surface area contributed by atoms with Crippen LogP contribution in [0, 0.1) is 5.92 Å². The predicted molar refractivity (Wildman–Crippen MR) is 118 cm³/mol. The van der Waals surface area contributed by atoms with Gasteiger partial charge in [0.1, 0.15) is 12.6 Å². The maximum atomic E-state index is 12.8.